The molecule has 21 heavy (non-hydrogen) atoms. The van der Waals surface area contributed by atoms with Gasteiger partial charge in [-0.3, -0.25) is 4.79 Å². The lowest BCUT2D eigenvalue weighted by atomic mass is 9.91. The van der Waals surface area contributed by atoms with Gasteiger partial charge in [-0.25, -0.2) is 0 Å². The molecule has 1 unspecified atom stereocenters. The Labute approximate surface area is 119 Å². The van der Waals surface area contributed by atoms with E-state index in [2.05, 4.69) is 0 Å². The van der Waals surface area contributed by atoms with Crippen LogP contribution in [0.5, 0.6) is 17.2 Å². The van der Waals surface area contributed by atoms with Gasteiger partial charge in [-0.1, -0.05) is 22.7 Å². The minimum Gasteiger partial charge on any atom is -0.507 e. The summed E-state index contributed by atoms with van der Waals surface area (Å²) >= 11 is 0. The molecule has 0 saturated heterocycles. The van der Waals surface area contributed by atoms with E-state index in [1.54, 1.807) is 18.2 Å². The highest BCUT2D eigenvalue weighted by molar-refractivity contribution is 6.05. The molecule has 2 heterocycles. The van der Waals surface area contributed by atoms with Crippen LogP contribution in [0.1, 0.15) is 17.0 Å². The molecule has 1 N–H and O–H groups in total. The smallest absolute Gasteiger partial charge is 0.267 e. The molecule has 1 amide bonds. The molecule has 2 aliphatic heterocycles. The van der Waals surface area contributed by atoms with Gasteiger partial charge in [0, 0.05) is 11.6 Å². The Bertz CT molecular complexity index is 761. The normalized spacial score (nSPS) is 19.0. The number of benzene rings is 2. The molecule has 2 aromatic carbocycles. The van der Waals surface area contributed by atoms with Crippen LogP contribution in [0.3, 0.4) is 0 Å². The molecule has 6 heteroatoms. The molecular weight excluding hydrogens is 277 g/mol. The van der Waals surface area contributed by atoms with Gasteiger partial charge in [0.05, 0.1) is 11.6 Å². The molecular formula is C15H10FNO4. The molecule has 1 atom stereocenters. The molecule has 0 aliphatic carbocycles. The van der Waals surface area contributed by atoms with E-state index in [0.29, 0.717) is 22.6 Å². The van der Waals surface area contributed by atoms with Gasteiger partial charge < -0.3 is 14.6 Å². The predicted octanol–water partition coefficient (Wildman–Crippen LogP) is 2.48. The van der Waals surface area contributed by atoms with Crippen molar-refractivity contribution in [2.24, 2.45) is 0 Å². The van der Waals surface area contributed by atoms with Crippen molar-refractivity contribution in [2.45, 2.75) is 5.92 Å². The van der Waals surface area contributed by atoms with Crippen LogP contribution in [-0.4, -0.2) is 17.8 Å². The van der Waals surface area contributed by atoms with E-state index in [4.69, 9.17) is 9.47 Å². The van der Waals surface area contributed by atoms with Gasteiger partial charge in [0.1, 0.15) is 5.75 Å². The van der Waals surface area contributed by atoms with Crippen LogP contribution in [0.4, 0.5) is 10.2 Å². The zero-order chi connectivity index (χ0) is 14.6. The summed E-state index contributed by atoms with van der Waals surface area (Å²) in [7, 11) is 0. The Hall–Kier alpha value is -2.76. The van der Waals surface area contributed by atoms with Crippen LogP contribution >= 0.6 is 0 Å². The van der Waals surface area contributed by atoms with Crippen LogP contribution < -0.4 is 14.6 Å². The summed E-state index contributed by atoms with van der Waals surface area (Å²) in [5.74, 6) is -0.897. The molecule has 0 bridgehead atoms. The average molecular weight is 287 g/mol. The number of hydrogen-bond donors (Lipinski definition) is 1. The molecule has 106 valence electrons. The highest BCUT2D eigenvalue weighted by atomic mass is 19.2. The van der Waals surface area contributed by atoms with E-state index in [1.807, 2.05) is 0 Å². The maximum atomic E-state index is 14.0. The van der Waals surface area contributed by atoms with E-state index in [1.165, 1.54) is 18.2 Å². The highest BCUT2D eigenvalue weighted by Crippen LogP contribution is 2.47. The first-order chi connectivity index (χ1) is 10.2. The highest BCUT2D eigenvalue weighted by Gasteiger charge is 2.40. The summed E-state index contributed by atoms with van der Waals surface area (Å²) in [6.07, 6.45) is 0. The summed E-state index contributed by atoms with van der Waals surface area (Å²) in [4.78, 5) is 12.2. The number of hydrogen-bond acceptors (Lipinski definition) is 4. The second-order valence-electron chi connectivity index (χ2n) is 4.88. The molecule has 0 saturated carbocycles. The van der Waals surface area contributed by atoms with Crippen molar-refractivity contribution in [1.82, 2.24) is 0 Å². The molecule has 0 spiro atoms. The Morgan fingerprint density at radius 1 is 1.14 bits per heavy atom. The number of aromatic hydroxyl groups is 1. The van der Waals surface area contributed by atoms with Gasteiger partial charge >= 0.3 is 0 Å². The summed E-state index contributed by atoms with van der Waals surface area (Å²) in [6.45, 7) is 0.0582. The Morgan fingerprint density at radius 3 is 2.67 bits per heavy atom. The standard InChI is InChI=1S/C15H10FNO4/c16-17-10-4-2-1-3-8(10)14(15(17)19)9-5-12-13(6-11(9)18)21-7-20-12/h1-6,14,18H,7H2. The second kappa shape index (κ2) is 4.12. The quantitative estimate of drug-likeness (QED) is 0.819. The SMILES string of the molecule is O=C1C(c2cc3c(cc2O)OCO3)c2ccccc2N1F. The maximum absolute atomic E-state index is 14.0. The lowest BCUT2D eigenvalue weighted by Gasteiger charge is -2.12. The number of para-hydroxylation sites is 1. The van der Waals surface area contributed by atoms with Crippen molar-refractivity contribution in [3.63, 3.8) is 0 Å². The molecule has 0 aromatic heterocycles. The first-order valence-corrected chi connectivity index (χ1v) is 6.38. The Kier molecular flexibility index (Phi) is 2.35. The van der Waals surface area contributed by atoms with Crippen molar-refractivity contribution >= 4 is 11.6 Å². The third-order valence-corrected chi connectivity index (χ3v) is 3.73. The number of amides is 1. The zero-order valence-electron chi connectivity index (χ0n) is 10.7. The van der Waals surface area contributed by atoms with Gasteiger partial charge in [-0.15, -0.1) is 5.12 Å². The monoisotopic (exact) mass is 287 g/mol. The van der Waals surface area contributed by atoms with Crippen LogP contribution in [0.25, 0.3) is 0 Å². The number of fused-ring (bicyclic) bond motifs is 2. The maximum Gasteiger partial charge on any atom is 0.267 e. The van der Waals surface area contributed by atoms with E-state index in [-0.39, 0.29) is 23.4 Å². The molecule has 5 nitrogen and oxygen atoms in total. The third-order valence-electron chi connectivity index (χ3n) is 3.73. The lowest BCUT2D eigenvalue weighted by Crippen LogP contribution is -2.20. The van der Waals surface area contributed by atoms with Crippen molar-refractivity contribution in [3.05, 3.63) is 47.5 Å². The number of ether oxygens (including phenoxy) is 2. The number of rotatable bonds is 1. The van der Waals surface area contributed by atoms with E-state index < -0.39 is 11.8 Å². The number of carbonyl (C=O) groups is 1. The number of phenolic OH excluding ortho intramolecular Hbond substituents is 1. The summed E-state index contributed by atoms with van der Waals surface area (Å²) in [5, 5.41) is 10.3. The molecule has 2 aromatic rings. The number of anilines is 1. The predicted molar refractivity (Wildman–Crippen MR) is 71.1 cm³/mol. The van der Waals surface area contributed by atoms with Gasteiger partial charge in [-0.05, 0) is 17.7 Å². The third kappa shape index (κ3) is 1.59. The first kappa shape index (κ1) is 12.0. The van der Waals surface area contributed by atoms with Crippen molar-refractivity contribution in [3.8, 4) is 17.2 Å². The van der Waals surface area contributed by atoms with Gasteiger partial charge in [0.15, 0.2) is 11.5 Å². The number of phenols is 1. The summed E-state index contributed by atoms with van der Waals surface area (Å²) in [5.41, 5.74) is 1.01. The van der Waals surface area contributed by atoms with Crippen LogP contribution in [0.15, 0.2) is 36.4 Å². The largest absolute Gasteiger partial charge is 0.507 e. The summed E-state index contributed by atoms with van der Waals surface area (Å²) in [6, 6.07) is 9.48. The minimum atomic E-state index is -0.888. The lowest BCUT2D eigenvalue weighted by molar-refractivity contribution is -0.121. The minimum absolute atomic E-state index is 0.0582. The molecule has 2 aliphatic rings. The Morgan fingerprint density at radius 2 is 1.86 bits per heavy atom. The first-order valence-electron chi connectivity index (χ1n) is 6.38. The topological polar surface area (TPSA) is 59.0 Å². The average Bonchev–Trinajstić information content (AvgIpc) is 3.03. The van der Waals surface area contributed by atoms with Gasteiger partial charge in [0.2, 0.25) is 6.79 Å². The fraction of sp³-hybridized carbons (Fsp3) is 0.133. The van der Waals surface area contributed by atoms with Crippen LogP contribution in [0.2, 0.25) is 0 Å². The molecule has 4 rings (SSSR count). The van der Waals surface area contributed by atoms with Crippen molar-refractivity contribution in [1.29, 1.82) is 0 Å². The van der Waals surface area contributed by atoms with E-state index in [9.17, 15) is 14.4 Å². The van der Waals surface area contributed by atoms with E-state index in [0.717, 1.165) is 0 Å². The Balaban J connectivity index is 1.89. The fourth-order valence-electron chi connectivity index (χ4n) is 2.75. The van der Waals surface area contributed by atoms with Crippen LogP contribution in [-0.2, 0) is 4.79 Å². The number of carbonyl (C=O) groups excluding carboxylic acids is 1. The van der Waals surface area contributed by atoms with Gasteiger partial charge in [0.25, 0.3) is 5.91 Å². The molecule has 0 fully saturated rings. The van der Waals surface area contributed by atoms with Crippen molar-refractivity contribution in [2.75, 3.05) is 11.9 Å². The number of halogens is 1. The van der Waals surface area contributed by atoms with Crippen LogP contribution in [0, 0.1) is 0 Å². The van der Waals surface area contributed by atoms with E-state index >= 15 is 0 Å². The molecule has 0 radical (unpaired) electrons. The fourth-order valence-corrected chi connectivity index (χ4v) is 2.75. The second-order valence-corrected chi connectivity index (χ2v) is 4.88. The zero-order valence-corrected chi connectivity index (χ0v) is 10.7. The number of nitrogens with zero attached hydrogens (tertiary/aromatic N) is 1. The van der Waals surface area contributed by atoms with Gasteiger partial charge in [-0.2, -0.15) is 0 Å². The van der Waals surface area contributed by atoms with Crippen molar-refractivity contribution < 1.29 is 23.9 Å². The summed E-state index contributed by atoms with van der Waals surface area (Å²) < 4.78 is 24.4.